The second-order valence-corrected chi connectivity index (χ2v) is 5.08. The first-order valence-electron chi connectivity index (χ1n) is 5.02. The number of thioether (sulfide) groups is 2. The molecular weight excluding hydrogens is 252 g/mol. The number of azide groups is 1. The highest BCUT2D eigenvalue weighted by Crippen LogP contribution is 2.29. The molecule has 0 heterocycles. The van der Waals surface area contributed by atoms with Crippen LogP contribution in [-0.4, -0.2) is 16.9 Å². The molecule has 0 aromatic heterocycles. The number of nitrogens with zero attached hydrogens (tertiary/aromatic N) is 4. The maximum atomic E-state index is 8.51. The third-order valence-electron chi connectivity index (χ3n) is 2.19. The number of hydrogen-bond acceptors (Lipinski definition) is 4. The molecule has 0 N–H and O–H groups in total. The normalized spacial score (nSPS) is 11.5. The summed E-state index contributed by atoms with van der Waals surface area (Å²) < 4.78 is 1.02. The second-order valence-electron chi connectivity index (χ2n) is 3.23. The van der Waals surface area contributed by atoms with E-state index in [4.69, 9.17) is 5.53 Å². The molecular formula is C11H14N4S2. The van der Waals surface area contributed by atoms with Gasteiger partial charge in [-0.05, 0) is 30.5 Å². The van der Waals surface area contributed by atoms with E-state index in [0.717, 1.165) is 9.94 Å². The molecule has 0 fully saturated rings. The molecule has 4 nitrogen and oxygen atoms in total. The summed E-state index contributed by atoms with van der Waals surface area (Å²) in [5.74, 6) is 0. The zero-order valence-electron chi connectivity index (χ0n) is 9.99. The fraction of sp³-hybridized carbons (Fsp3) is 0.364. The lowest BCUT2D eigenvalue weighted by atomic mass is 10.1. The molecule has 0 spiro atoms. The fourth-order valence-electron chi connectivity index (χ4n) is 1.40. The minimum Gasteiger partial charge on any atom is -0.264 e. The first kappa shape index (κ1) is 14.0. The SMILES string of the molecule is CSC(=N[C@@H](C)c1ccccc1N=[N+]=[N-])SC. The van der Waals surface area contributed by atoms with Gasteiger partial charge >= 0.3 is 0 Å². The van der Waals surface area contributed by atoms with Crippen molar-refractivity contribution >= 4 is 33.6 Å². The predicted octanol–water partition coefficient (Wildman–Crippen LogP) is 4.77. The van der Waals surface area contributed by atoms with Gasteiger partial charge in [-0.3, -0.25) is 4.99 Å². The molecule has 17 heavy (non-hydrogen) atoms. The third kappa shape index (κ3) is 4.00. The summed E-state index contributed by atoms with van der Waals surface area (Å²) in [5.41, 5.74) is 10.1. The fourth-order valence-corrected chi connectivity index (χ4v) is 2.59. The molecule has 1 atom stereocenters. The highest BCUT2D eigenvalue weighted by Gasteiger charge is 2.08. The zero-order chi connectivity index (χ0) is 12.7. The van der Waals surface area contributed by atoms with E-state index in [1.54, 1.807) is 29.6 Å². The lowest BCUT2D eigenvalue weighted by Gasteiger charge is -2.11. The topological polar surface area (TPSA) is 61.1 Å². The van der Waals surface area contributed by atoms with Crippen LogP contribution >= 0.6 is 23.5 Å². The Balaban J connectivity index is 3.07. The van der Waals surface area contributed by atoms with E-state index in [1.165, 1.54) is 0 Å². The largest absolute Gasteiger partial charge is 0.264 e. The first-order chi connectivity index (χ1) is 8.22. The molecule has 0 bridgehead atoms. The average Bonchev–Trinajstić information content (AvgIpc) is 2.36. The number of benzene rings is 1. The van der Waals surface area contributed by atoms with Crippen molar-refractivity contribution in [2.24, 2.45) is 10.1 Å². The van der Waals surface area contributed by atoms with Gasteiger partial charge in [-0.15, -0.1) is 23.5 Å². The van der Waals surface area contributed by atoms with Crippen molar-refractivity contribution in [2.75, 3.05) is 12.5 Å². The minimum absolute atomic E-state index is 0.00778. The molecule has 1 aromatic carbocycles. The van der Waals surface area contributed by atoms with Crippen LogP contribution in [0.5, 0.6) is 0 Å². The van der Waals surface area contributed by atoms with Gasteiger partial charge in [0.15, 0.2) is 0 Å². The smallest absolute Gasteiger partial charge is 0.124 e. The lowest BCUT2D eigenvalue weighted by molar-refractivity contribution is 0.826. The van der Waals surface area contributed by atoms with Gasteiger partial charge in [0.05, 0.1) is 6.04 Å². The van der Waals surface area contributed by atoms with Crippen molar-refractivity contribution < 1.29 is 0 Å². The Hall–Kier alpha value is -1.10. The van der Waals surface area contributed by atoms with E-state index >= 15 is 0 Å². The molecule has 0 saturated heterocycles. The van der Waals surface area contributed by atoms with Gasteiger partial charge in [-0.25, -0.2) is 0 Å². The van der Waals surface area contributed by atoms with Crippen LogP contribution in [0.2, 0.25) is 0 Å². The molecule has 0 unspecified atom stereocenters. The standard InChI is InChI=1S/C11H14N4S2/c1-8(13-11(16-2)17-3)9-6-4-5-7-10(9)14-15-12/h4-8H,1-3H3/t8-/m0/s1. The van der Waals surface area contributed by atoms with Crippen LogP contribution in [0.3, 0.4) is 0 Å². The Morgan fingerprint density at radius 3 is 2.53 bits per heavy atom. The van der Waals surface area contributed by atoms with E-state index in [-0.39, 0.29) is 6.04 Å². The molecule has 90 valence electrons. The quantitative estimate of drug-likeness (QED) is 0.260. The maximum Gasteiger partial charge on any atom is 0.124 e. The van der Waals surface area contributed by atoms with Gasteiger partial charge in [0.25, 0.3) is 0 Å². The summed E-state index contributed by atoms with van der Waals surface area (Å²) in [6.07, 6.45) is 4.00. The molecule has 0 radical (unpaired) electrons. The Bertz CT molecular complexity index is 447. The Morgan fingerprint density at radius 1 is 1.29 bits per heavy atom. The van der Waals surface area contributed by atoms with Crippen LogP contribution in [0.25, 0.3) is 10.4 Å². The molecule has 1 rings (SSSR count). The van der Waals surface area contributed by atoms with E-state index in [2.05, 4.69) is 15.0 Å². The van der Waals surface area contributed by atoms with Crippen LogP contribution in [0.4, 0.5) is 5.69 Å². The van der Waals surface area contributed by atoms with E-state index in [9.17, 15) is 0 Å². The summed E-state index contributed by atoms with van der Waals surface area (Å²) in [6, 6.07) is 7.52. The van der Waals surface area contributed by atoms with Crippen molar-refractivity contribution in [3.05, 3.63) is 40.3 Å². The summed E-state index contributed by atoms with van der Waals surface area (Å²) >= 11 is 3.24. The molecule has 0 saturated carbocycles. The summed E-state index contributed by atoms with van der Waals surface area (Å²) in [7, 11) is 0. The van der Waals surface area contributed by atoms with Gasteiger partial charge in [0, 0.05) is 10.6 Å². The zero-order valence-corrected chi connectivity index (χ0v) is 11.6. The van der Waals surface area contributed by atoms with Crippen molar-refractivity contribution in [1.82, 2.24) is 0 Å². The summed E-state index contributed by atoms with van der Waals surface area (Å²) in [5, 5.41) is 3.68. The summed E-state index contributed by atoms with van der Waals surface area (Å²) in [4.78, 5) is 7.42. The van der Waals surface area contributed by atoms with Crippen molar-refractivity contribution in [3.8, 4) is 0 Å². The van der Waals surface area contributed by atoms with Crippen molar-refractivity contribution in [2.45, 2.75) is 13.0 Å². The lowest BCUT2D eigenvalue weighted by Crippen LogP contribution is -1.93. The van der Waals surface area contributed by atoms with E-state index in [0.29, 0.717) is 5.69 Å². The maximum absolute atomic E-state index is 8.51. The van der Waals surface area contributed by atoms with Crippen LogP contribution in [0, 0.1) is 0 Å². The van der Waals surface area contributed by atoms with E-state index in [1.807, 2.05) is 37.6 Å². The monoisotopic (exact) mass is 266 g/mol. The van der Waals surface area contributed by atoms with Crippen molar-refractivity contribution in [3.63, 3.8) is 0 Å². The molecule has 0 aliphatic carbocycles. The first-order valence-corrected chi connectivity index (χ1v) is 7.47. The average molecular weight is 266 g/mol. The van der Waals surface area contributed by atoms with Gasteiger partial charge in [-0.1, -0.05) is 29.4 Å². The minimum atomic E-state index is -0.00778. The predicted molar refractivity (Wildman–Crippen MR) is 78.1 cm³/mol. The number of aliphatic imine (C=N–C) groups is 1. The van der Waals surface area contributed by atoms with Gasteiger partial charge in [-0.2, -0.15) is 0 Å². The molecule has 1 aromatic rings. The van der Waals surface area contributed by atoms with Gasteiger partial charge in [0.1, 0.15) is 4.38 Å². The molecule has 0 aliphatic heterocycles. The van der Waals surface area contributed by atoms with Crippen LogP contribution in [0.1, 0.15) is 18.5 Å². The van der Waals surface area contributed by atoms with Crippen LogP contribution < -0.4 is 0 Å². The Labute approximate surface area is 110 Å². The Kier molecular flexibility index (Phi) is 5.97. The molecule has 0 aliphatic rings. The number of hydrogen-bond donors (Lipinski definition) is 0. The van der Waals surface area contributed by atoms with Gasteiger partial charge in [0.2, 0.25) is 0 Å². The molecule has 6 heteroatoms. The van der Waals surface area contributed by atoms with E-state index < -0.39 is 0 Å². The van der Waals surface area contributed by atoms with Crippen molar-refractivity contribution in [1.29, 1.82) is 0 Å². The Morgan fingerprint density at radius 2 is 1.94 bits per heavy atom. The third-order valence-corrected chi connectivity index (χ3v) is 4.10. The van der Waals surface area contributed by atoms with Crippen LogP contribution in [0.15, 0.2) is 34.4 Å². The number of rotatable bonds is 3. The molecule has 0 amide bonds. The van der Waals surface area contributed by atoms with Crippen LogP contribution in [-0.2, 0) is 0 Å². The van der Waals surface area contributed by atoms with Gasteiger partial charge < -0.3 is 0 Å². The highest BCUT2D eigenvalue weighted by molar-refractivity contribution is 8.38. The summed E-state index contributed by atoms with van der Waals surface area (Å²) in [6.45, 7) is 2.00. The second kappa shape index (κ2) is 7.27. The highest BCUT2D eigenvalue weighted by atomic mass is 32.2.